The Morgan fingerprint density at radius 2 is 2.33 bits per heavy atom. The van der Waals surface area contributed by atoms with Gasteiger partial charge in [-0.1, -0.05) is 13.3 Å². The van der Waals surface area contributed by atoms with Crippen LogP contribution in [0.5, 0.6) is 0 Å². The van der Waals surface area contributed by atoms with Crippen molar-refractivity contribution in [3.8, 4) is 0 Å². The fourth-order valence-corrected chi connectivity index (χ4v) is 1.73. The lowest BCUT2D eigenvalue weighted by atomic mass is 10.2. The van der Waals surface area contributed by atoms with Crippen molar-refractivity contribution in [3.05, 3.63) is 0 Å². The molecule has 2 amide bonds. The van der Waals surface area contributed by atoms with Crippen molar-refractivity contribution in [1.82, 2.24) is 10.6 Å². The largest absolute Gasteiger partial charge is 0.393 e. The van der Waals surface area contributed by atoms with Crippen LogP contribution in [-0.2, 0) is 0 Å². The summed E-state index contributed by atoms with van der Waals surface area (Å²) in [6.07, 6.45) is 3.78. The van der Waals surface area contributed by atoms with Gasteiger partial charge >= 0.3 is 6.03 Å². The molecule has 0 saturated heterocycles. The number of carbonyl (C=O) groups excluding carboxylic acids is 1. The summed E-state index contributed by atoms with van der Waals surface area (Å²) >= 11 is 0. The average molecular weight is 214 g/mol. The molecule has 1 aliphatic rings. The van der Waals surface area contributed by atoms with E-state index in [4.69, 9.17) is 5.11 Å². The molecule has 88 valence electrons. The van der Waals surface area contributed by atoms with E-state index in [0.29, 0.717) is 24.9 Å². The summed E-state index contributed by atoms with van der Waals surface area (Å²) in [6, 6.07) is 0.288. The zero-order valence-electron chi connectivity index (χ0n) is 9.62. The molecule has 0 aromatic carbocycles. The van der Waals surface area contributed by atoms with Crippen LogP contribution >= 0.6 is 0 Å². The summed E-state index contributed by atoms with van der Waals surface area (Å²) in [7, 11) is 0. The van der Waals surface area contributed by atoms with Gasteiger partial charge in [0.2, 0.25) is 0 Å². The first-order chi connectivity index (χ1) is 7.13. The SMILES string of the molecule is CCCC1CC1NC(=O)NCCC(C)O. The summed E-state index contributed by atoms with van der Waals surface area (Å²) in [5.74, 6) is 0.692. The molecule has 0 heterocycles. The molecule has 4 heteroatoms. The molecular formula is C11H22N2O2. The summed E-state index contributed by atoms with van der Waals surface area (Å²) in [5.41, 5.74) is 0. The molecular weight excluding hydrogens is 192 g/mol. The van der Waals surface area contributed by atoms with Gasteiger partial charge in [0, 0.05) is 12.6 Å². The molecule has 0 spiro atoms. The van der Waals surface area contributed by atoms with E-state index in [0.717, 1.165) is 6.42 Å². The van der Waals surface area contributed by atoms with Gasteiger partial charge in [-0.2, -0.15) is 0 Å². The Morgan fingerprint density at radius 1 is 1.60 bits per heavy atom. The van der Waals surface area contributed by atoms with E-state index < -0.39 is 0 Å². The second kappa shape index (κ2) is 5.95. The number of hydrogen-bond donors (Lipinski definition) is 3. The van der Waals surface area contributed by atoms with Gasteiger partial charge in [-0.25, -0.2) is 4.79 Å². The Labute approximate surface area is 91.4 Å². The van der Waals surface area contributed by atoms with Crippen molar-refractivity contribution in [3.63, 3.8) is 0 Å². The fraction of sp³-hybridized carbons (Fsp3) is 0.909. The standard InChI is InChI=1S/C11H22N2O2/c1-3-4-9-7-10(9)13-11(15)12-6-5-8(2)14/h8-10,14H,3-7H2,1-2H3,(H2,12,13,15). The van der Waals surface area contributed by atoms with E-state index in [9.17, 15) is 4.79 Å². The third-order valence-corrected chi connectivity index (χ3v) is 2.75. The van der Waals surface area contributed by atoms with Crippen LogP contribution in [0.25, 0.3) is 0 Å². The highest BCUT2D eigenvalue weighted by molar-refractivity contribution is 5.74. The molecule has 1 rings (SSSR count). The molecule has 0 aliphatic heterocycles. The fourth-order valence-electron chi connectivity index (χ4n) is 1.73. The number of nitrogens with one attached hydrogen (secondary N) is 2. The Balaban J connectivity index is 2.00. The average Bonchev–Trinajstić information content (AvgIpc) is 2.83. The van der Waals surface area contributed by atoms with E-state index in [2.05, 4.69) is 17.6 Å². The van der Waals surface area contributed by atoms with Crippen molar-refractivity contribution >= 4 is 6.03 Å². The molecule has 0 aromatic rings. The molecule has 15 heavy (non-hydrogen) atoms. The maximum atomic E-state index is 11.3. The Bertz CT molecular complexity index is 207. The predicted octanol–water partition coefficient (Wildman–Crippen LogP) is 1.25. The molecule has 0 aromatic heterocycles. The Morgan fingerprint density at radius 3 is 2.93 bits per heavy atom. The lowest BCUT2D eigenvalue weighted by Crippen LogP contribution is -2.38. The first-order valence-electron chi connectivity index (χ1n) is 5.86. The van der Waals surface area contributed by atoms with Gasteiger partial charge in [-0.05, 0) is 32.1 Å². The lowest BCUT2D eigenvalue weighted by Gasteiger charge is -2.08. The Kier molecular flexibility index (Phi) is 4.88. The molecule has 1 aliphatic carbocycles. The van der Waals surface area contributed by atoms with Crippen LogP contribution in [-0.4, -0.2) is 29.8 Å². The van der Waals surface area contributed by atoms with Gasteiger partial charge in [0.15, 0.2) is 0 Å². The highest BCUT2D eigenvalue weighted by Crippen LogP contribution is 2.34. The van der Waals surface area contributed by atoms with Gasteiger partial charge in [-0.3, -0.25) is 0 Å². The van der Waals surface area contributed by atoms with Crippen molar-refractivity contribution in [2.24, 2.45) is 5.92 Å². The van der Waals surface area contributed by atoms with Gasteiger partial charge < -0.3 is 15.7 Å². The number of hydrogen-bond acceptors (Lipinski definition) is 2. The molecule has 0 bridgehead atoms. The maximum Gasteiger partial charge on any atom is 0.315 e. The number of rotatable bonds is 6. The quantitative estimate of drug-likeness (QED) is 0.623. The zero-order chi connectivity index (χ0) is 11.3. The predicted molar refractivity (Wildman–Crippen MR) is 59.6 cm³/mol. The number of amides is 2. The summed E-state index contributed by atoms with van der Waals surface area (Å²) in [6.45, 7) is 4.42. The van der Waals surface area contributed by atoms with Crippen molar-refractivity contribution < 1.29 is 9.90 Å². The molecule has 4 nitrogen and oxygen atoms in total. The van der Waals surface area contributed by atoms with Crippen molar-refractivity contribution in [2.45, 2.75) is 51.7 Å². The van der Waals surface area contributed by atoms with Gasteiger partial charge in [0.05, 0.1) is 6.10 Å². The zero-order valence-corrected chi connectivity index (χ0v) is 9.62. The topological polar surface area (TPSA) is 61.4 Å². The minimum absolute atomic E-state index is 0.0979. The second-order valence-corrected chi connectivity index (χ2v) is 4.43. The first-order valence-corrected chi connectivity index (χ1v) is 5.86. The van der Waals surface area contributed by atoms with Gasteiger partial charge in [0.25, 0.3) is 0 Å². The number of aliphatic hydroxyl groups excluding tert-OH is 1. The normalized spacial score (nSPS) is 25.8. The lowest BCUT2D eigenvalue weighted by molar-refractivity contribution is 0.183. The van der Waals surface area contributed by atoms with Crippen LogP contribution in [0.4, 0.5) is 4.79 Å². The van der Waals surface area contributed by atoms with Crippen molar-refractivity contribution in [2.75, 3.05) is 6.54 Å². The summed E-state index contributed by atoms with van der Waals surface area (Å²) < 4.78 is 0. The van der Waals surface area contributed by atoms with E-state index >= 15 is 0 Å². The monoisotopic (exact) mass is 214 g/mol. The summed E-state index contributed by atoms with van der Waals surface area (Å²) in [4.78, 5) is 11.3. The highest BCUT2D eigenvalue weighted by Gasteiger charge is 2.36. The second-order valence-electron chi connectivity index (χ2n) is 4.43. The highest BCUT2D eigenvalue weighted by atomic mass is 16.3. The molecule has 1 fully saturated rings. The van der Waals surface area contributed by atoms with Crippen LogP contribution in [0.1, 0.15) is 39.5 Å². The van der Waals surface area contributed by atoms with E-state index in [1.807, 2.05) is 0 Å². The maximum absolute atomic E-state index is 11.3. The van der Waals surface area contributed by atoms with Gasteiger partial charge in [-0.15, -0.1) is 0 Å². The molecule has 3 atom stereocenters. The van der Waals surface area contributed by atoms with Crippen LogP contribution in [0, 0.1) is 5.92 Å². The van der Waals surface area contributed by atoms with Crippen LogP contribution in [0.2, 0.25) is 0 Å². The van der Waals surface area contributed by atoms with Crippen LogP contribution in [0.3, 0.4) is 0 Å². The third kappa shape index (κ3) is 5.02. The van der Waals surface area contributed by atoms with Crippen LogP contribution in [0.15, 0.2) is 0 Å². The van der Waals surface area contributed by atoms with Crippen LogP contribution < -0.4 is 10.6 Å². The molecule has 1 saturated carbocycles. The number of aliphatic hydroxyl groups is 1. The minimum atomic E-state index is -0.348. The third-order valence-electron chi connectivity index (χ3n) is 2.75. The number of carbonyl (C=O) groups is 1. The first kappa shape index (κ1) is 12.3. The summed E-state index contributed by atoms with van der Waals surface area (Å²) in [5, 5.41) is 14.7. The van der Waals surface area contributed by atoms with E-state index in [-0.39, 0.29) is 12.1 Å². The smallest absolute Gasteiger partial charge is 0.315 e. The van der Waals surface area contributed by atoms with E-state index in [1.165, 1.54) is 12.8 Å². The minimum Gasteiger partial charge on any atom is -0.393 e. The number of urea groups is 1. The molecule has 0 radical (unpaired) electrons. The van der Waals surface area contributed by atoms with E-state index in [1.54, 1.807) is 6.92 Å². The van der Waals surface area contributed by atoms with Crippen molar-refractivity contribution in [1.29, 1.82) is 0 Å². The molecule has 3 unspecified atom stereocenters. The Hall–Kier alpha value is -0.770. The van der Waals surface area contributed by atoms with Gasteiger partial charge in [0.1, 0.15) is 0 Å². The molecule has 3 N–H and O–H groups in total.